The van der Waals surface area contributed by atoms with E-state index in [4.69, 9.17) is 5.11 Å². The van der Waals surface area contributed by atoms with E-state index in [1.165, 1.54) is 24.0 Å². The first-order valence-corrected chi connectivity index (χ1v) is 7.02. The molecule has 104 valence electrons. The fraction of sp³-hybridized carbons (Fsp3) is 0.562. The molecule has 2 rings (SSSR count). The number of carboxylic acids is 1. The van der Waals surface area contributed by atoms with Gasteiger partial charge in [0.25, 0.3) is 0 Å². The molecule has 3 heteroatoms. The summed E-state index contributed by atoms with van der Waals surface area (Å²) in [7, 11) is 0. The SMILES string of the molecule is CC(C)(CCNCc1ccc(C2CC2)cc1)C(=O)O. The van der Waals surface area contributed by atoms with Gasteiger partial charge in [0.1, 0.15) is 0 Å². The molecule has 0 aliphatic heterocycles. The Labute approximate surface area is 115 Å². The minimum atomic E-state index is -0.733. The molecule has 0 bridgehead atoms. The van der Waals surface area contributed by atoms with Crippen molar-refractivity contribution in [3.63, 3.8) is 0 Å². The third-order valence-electron chi connectivity index (χ3n) is 3.86. The van der Waals surface area contributed by atoms with Gasteiger partial charge in [-0.2, -0.15) is 0 Å². The van der Waals surface area contributed by atoms with Gasteiger partial charge in [-0.05, 0) is 56.7 Å². The van der Waals surface area contributed by atoms with Crippen molar-refractivity contribution in [1.29, 1.82) is 0 Å². The van der Waals surface area contributed by atoms with Crippen LogP contribution in [0.5, 0.6) is 0 Å². The third kappa shape index (κ3) is 4.06. The van der Waals surface area contributed by atoms with Crippen molar-refractivity contribution in [2.45, 2.75) is 45.6 Å². The van der Waals surface area contributed by atoms with Crippen LogP contribution in [-0.4, -0.2) is 17.6 Å². The molecular formula is C16H23NO2. The summed E-state index contributed by atoms with van der Waals surface area (Å²) >= 11 is 0. The molecule has 0 heterocycles. The minimum absolute atomic E-state index is 0.641. The monoisotopic (exact) mass is 261 g/mol. The molecule has 3 nitrogen and oxygen atoms in total. The van der Waals surface area contributed by atoms with Gasteiger partial charge < -0.3 is 10.4 Å². The number of aliphatic carboxylic acids is 1. The summed E-state index contributed by atoms with van der Waals surface area (Å²) in [5.74, 6) is 0.0708. The van der Waals surface area contributed by atoms with Crippen molar-refractivity contribution in [2.24, 2.45) is 5.41 Å². The van der Waals surface area contributed by atoms with E-state index >= 15 is 0 Å². The molecule has 0 radical (unpaired) electrons. The Morgan fingerprint density at radius 2 is 1.95 bits per heavy atom. The highest BCUT2D eigenvalue weighted by atomic mass is 16.4. The lowest BCUT2D eigenvalue weighted by Crippen LogP contribution is -2.28. The standard InChI is InChI=1S/C16H23NO2/c1-16(2,15(18)19)9-10-17-11-12-3-5-13(6-4-12)14-7-8-14/h3-6,14,17H,7-11H2,1-2H3,(H,18,19). The molecule has 0 unspecified atom stereocenters. The summed E-state index contributed by atoms with van der Waals surface area (Å²) in [5.41, 5.74) is 2.07. The van der Waals surface area contributed by atoms with Crippen molar-refractivity contribution in [3.05, 3.63) is 35.4 Å². The second-order valence-corrected chi connectivity index (χ2v) is 6.13. The van der Waals surface area contributed by atoms with E-state index in [1.807, 2.05) is 0 Å². The second-order valence-electron chi connectivity index (χ2n) is 6.13. The Morgan fingerprint density at radius 3 is 2.47 bits per heavy atom. The maximum Gasteiger partial charge on any atom is 0.309 e. The summed E-state index contributed by atoms with van der Waals surface area (Å²) < 4.78 is 0. The lowest BCUT2D eigenvalue weighted by atomic mass is 9.90. The van der Waals surface area contributed by atoms with Crippen molar-refractivity contribution in [3.8, 4) is 0 Å². The van der Waals surface area contributed by atoms with Gasteiger partial charge in [-0.25, -0.2) is 0 Å². The largest absolute Gasteiger partial charge is 0.481 e. The first-order chi connectivity index (χ1) is 8.99. The second kappa shape index (κ2) is 5.74. The predicted octanol–water partition coefficient (Wildman–Crippen LogP) is 3.15. The maximum absolute atomic E-state index is 11.0. The highest BCUT2D eigenvalue weighted by molar-refractivity contribution is 5.73. The fourth-order valence-electron chi connectivity index (χ4n) is 2.06. The highest BCUT2D eigenvalue weighted by Gasteiger charge is 2.26. The van der Waals surface area contributed by atoms with Crippen molar-refractivity contribution < 1.29 is 9.90 Å². The van der Waals surface area contributed by atoms with Crippen LogP contribution in [0.25, 0.3) is 0 Å². The van der Waals surface area contributed by atoms with E-state index < -0.39 is 11.4 Å². The van der Waals surface area contributed by atoms with Gasteiger partial charge in [0.05, 0.1) is 5.41 Å². The Bertz CT molecular complexity index is 433. The average molecular weight is 261 g/mol. The zero-order valence-electron chi connectivity index (χ0n) is 11.8. The van der Waals surface area contributed by atoms with Crippen LogP contribution in [0.4, 0.5) is 0 Å². The Kier molecular flexibility index (Phi) is 4.25. The molecular weight excluding hydrogens is 238 g/mol. The van der Waals surface area contributed by atoms with E-state index in [9.17, 15) is 4.79 Å². The van der Waals surface area contributed by atoms with Gasteiger partial charge in [-0.15, -0.1) is 0 Å². The molecule has 1 aromatic rings. The molecule has 2 N–H and O–H groups in total. The number of hydrogen-bond donors (Lipinski definition) is 2. The fourth-order valence-corrected chi connectivity index (χ4v) is 2.06. The number of carboxylic acid groups (broad SMARTS) is 1. The average Bonchev–Trinajstić information content (AvgIpc) is 3.19. The van der Waals surface area contributed by atoms with E-state index in [0.29, 0.717) is 6.42 Å². The summed E-state index contributed by atoms with van der Waals surface area (Å²) in [6.07, 6.45) is 3.31. The Hall–Kier alpha value is -1.35. The molecule has 1 fully saturated rings. The number of rotatable bonds is 7. The van der Waals surface area contributed by atoms with Crippen LogP contribution in [0.3, 0.4) is 0 Å². The number of nitrogens with one attached hydrogen (secondary N) is 1. The number of benzene rings is 1. The smallest absolute Gasteiger partial charge is 0.309 e. The minimum Gasteiger partial charge on any atom is -0.481 e. The molecule has 0 spiro atoms. The molecule has 19 heavy (non-hydrogen) atoms. The third-order valence-corrected chi connectivity index (χ3v) is 3.86. The van der Waals surface area contributed by atoms with E-state index in [-0.39, 0.29) is 0 Å². The molecule has 1 saturated carbocycles. The first kappa shape index (κ1) is 14.1. The topological polar surface area (TPSA) is 49.3 Å². The summed E-state index contributed by atoms with van der Waals surface area (Å²) in [5, 5.41) is 12.3. The van der Waals surface area contributed by atoms with Gasteiger partial charge >= 0.3 is 5.97 Å². The maximum atomic E-state index is 11.0. The Morgan fingerprint density at radius 1 is 1.32 bits per heavy atom. The van der Waals surface area contributed by atoms with Crippen molar-refractivity contribution >= 4 is 5.97 Å². The summed E-state index contributed by atoms with van der Waals surface area (Å²) in [6, 6.07) is 8.78. The van der Waals surface area contributed by atoms with Crippen LogP contribution in [0.15, 0.2) is 24.3 Å². The van der Waals surface area contributed by atoms with Crippen LogP contribution < -0.4 is 5.32 Å². The zero-order valence-corrected chi connectivity index (χ0v) is 11.8. The molecule has 0 atom stereocenters. The quantitative estimate of drug-likeness (QED) is 0.741. The molecule has 0 amide bonds. The predicted molar refractivity (Wildman–Crippen MR) is 76.2 cm³/mol. The van der Waals surface area contributed by atoms with Gasteiger partial charge in [0.2, 0.25) is 0 Å². The van der Waals surface area contributed by atoms with Gasteiger partial charge in [-0.1, -0.05) is 24.3 Å². The lowest BCUT2D eigenvalue weighted by Gasteiger charge is -2.18. The lowest BCUT2D eigenvalue weighted by molar-refractivity contribution is -0.147. The zero-order chi connectivity index (χ0) is 13.9. The van der Waals surface area contributed by atoms with E-state index in [0.717, 1.165) is 19.0 Å². The molecule has 1 aliphatic carbocycles. The number of carbonyl (C=O) groups is 1. The van der Waals surface area contributed by atoms with Gasteiger partial charge in [0.15, 0.2) is 0 Å². The highest BCUT2D eigenvalue weighted by Crippen LogP contribution is 2.39. The Balaban J connectivity index is 1.72. The van der Waals surface area contributed by atoms with Gasteiger partial charge in [-0.3, -0.25) is 4.79 Å². The van der Waals surface area contributed by atoms with Crippen LogP contribution >= 0.6 is 0 Å². The van der Waals surface area contributed by atoms with Crippen LogP contribution in [-0.2, 0) is 11.3 Å². The van der Waals surface area contributed by atoms with E-state index in [2.05, 4.69) is 29.6 Å². The van der Waals surface area contributed by atoms with Crippen LogP contribution in [0.2, 0.25) is 0 Å². The number of hydrogen-bond acceptors (Lipinski definition) is 2. The van der Waals surface area contributed by atoms with Crippen LogP contribution in [0, 0.1) is 5.41 Å². The van der Waals surface area contributed by atoms with Gasteiger partial charge in [0, 0.05) is 6.54 Å². The molecule has 1 aromatic carbocycles. The molecule has 0 saturated heterocycles. The van der Waals surface area contributed by atoms with Crippen molar-refractivity contribution in [2.75, 3.05) is 6.54 Å². The van der Waals surface area contributed by atoms with E-state index in [1.54, 1.807) is 13.8 Å². The molecule has 0 aromatic heterocycles. The first-order valence-electron chi connectivity index (χ1n) is 7.02. The summed E-state index contributed by atoms with van der Waals surface area (Å²) in [4.78, 5) is 11.0. The van der Waals surface area contributed by atoms with Crippen molar-refractivity contribution in [1.82, 2.24) is 5.32 Å². The normalized spacial score (nSPS) is 15.5. The molecule has 1 aliphatic rings. The summed E-state index contributed by atoms with van der Waals surface area (Å²) in [6.45, 7) is 5.06. The van der Waals surface area contributed by atoms with Crippen LogP contribution in [0.1, 0.15) is 50.2 Å².